The molecule has 2 aromatic carbocycles. The minimum atomic E-state index is -0.767. The molecule has 0 fully saturated rings. The van der Waals surface area contributed by atoms with Gasteiger partial charge in [0.1, 0.15) is 5.75 Å². The maximum atomic E-state index is 11.9. The van der Waals surface area contributed by atoms with Crippen molar-refractivity contribution in [2.75, 3.05) is 11.9 Å². The molecular weight excluding hydrogens is 284 g/mol. The number of hydrogen-bond acceptors (Lipinski definition) is 4. The number of ether oxygens (including phenoxy) is 1. The van der Waals surface area contributed by atoms with E-state index >= 15 is 0 Å². The number of rotatable bonds is 3. The van der Waals surface area contributed by atoms with Crippen molar-refractivity contribution < 1.29 is 19.2 Å². The molecule has 0 radical (unpaired) electrons. The molecule has 0 spiro atoms. The van der Waals surface area contributed by atoms with Gasteiger partial charge >= 0.3 is 12.2 Å². The van der Waals surface area contributed by atoms with Gasteiger partial charge in [-0.15, -0.1) is 5.06 Å². The summed E-state index contributed by atoms with van der Waals surface area (Å²) in [6, 6.07) is 17.3. The highest BCUT2D eigenvalue weighted by Crippen LogP contribution is 2.11. The number of amides is 2. The number of carbonyl (C=O) groups is 2. The van der Waals surface area contributed by atoms with Gasteiger partial charge in [0.25, 0.3) is 0 Å². The Morgan fingerprint density at radius 3 is 2.18 bits per heavy atom. The summed E-state index contributed by atoms with van der Waals surface area (Å²) < 4.78 is 5.10. The smallest absolute Gasteiger partial charge is 0.408 e. The van der Waals surface area contributed by atoms with E-state index in [2.05, 4.69) is 5.32 Å². The zero-order chi connectivity index (χ0) is 15.8. The molecule has 2 aromatic rings. The first-order chi connectivity index (χ1) is 10.7. The van der Waals surface area contributed by atoms with Crippen LogP contribution >= 0.6 is 0 Å². The van der Waals surface area contributed by atoms with Crippen LogP contribution in [-0.4, -0.2) is 23.8 Å². The second-order valence-corrected chi connectivity index (χ2v) is 4.25. The van der Waals surface area contributed by atoms with Crippen LogP contribution in [0, 0.1) is 0 Å². The predicted octanol–water partition coefficient (Wildman–Crippen LogP) is 3.67. The fourth-order valence-electron chi connectivity index (χ4n) is 1.63. The lowest BCUT2D eigenvalue weighted by Crippen LogP contribution is -2.37. The second-order valence-electron chi connectivity index (χ2n) is 4.25. The van der Waals surface area contributed by atoms with Gasteiger partial charge < -0.3 is 9.57 Å². The highest BCUT2D eigenvalue weighted by atomic mass is 16.8. The molecule has 0 saturated heterocycles. The summed E-state index contributed by atoms with van der Waals surface area (Å²) in [4.78, 5) is 28.6. The number of para-hydroxylation sites is 2. The van der Waals surface area contributed by atoms with E-state index in [9.17, 15) is 9.59 Å². The summed E-state index contributed by atoms with van der Waals surface area (Å²) in [6.07, 6.45) is -1.53. The van der Waals surface area contributed by atoms with Gasteiger partial charge in [-0.3, -0.25) is 5.32 Å². The maximum Gasteiger partial charge on any atom is 0.448 e. The predicted molar refractivity (Wildman–Crippen MR) is 81.4 cm³/mol. The van der Waals surface area contributed by atoms with E-state index < -0.39 is 12.2 Å². The number of anilines is 1. The van der Waals surface area contributed by atoms with Crippen molar-refractivity contribution in [3.8, 4) is 5.75 Å². The molecule has 0 aliphatic carbocycles. The van der Waals surface area contributed by atoms with Crippen LogP contribution in [0.3, 0.4) is 0 Å². The lowest BCUT2D eigenvalue weighted by Gasteiger charge is -2.18. The van der Waals surface area contributed by atoms with Crippen molar-refractivity contribution in [2.45, 2.75) is 6.92 Å². The van der Waals surface area contributed by atoms with Crippen LogP contribution < -0.4 is 10.1 Å². The van der Waals surface area contributed by atoms with E-state index in [0.29, 0.717) is 11.4 Å². The number of nitrogens with one attached hydrogen (secondary N) is 1. The first-order valence-corrected chi connectivity index (χ1v) is 6.77. The Labute approximate surface area is 128 Å². The van der Waals surface area contributed by atoms with Gasteiger partial charge in [0, 0.05) is 5.69 Å². The molecule has 2 rings (SSSR count). The van der Waals surface area contributed by atoms with Crippen LogP contribution in [-0.2, 0) is 4.84 Å². The van der Waals surface area contributed by atoms with Crippen molar-refractivity contribution in [3.05, 3.63) is 60.7 Å². The van der Waals surface area contributed by atoms with Gasteiger partial charge in [0.2, 0.25) is 0 Å². The fourth-order valence-corrected chi connectivity index (χ4v) is 1.63. The van der Waals surface area contributed by atoms with Crippen molar-refractivity contribution in [1.82, 2.24) is 5.06 Å². The molecule has 1 N–H and O–H groups in total. The van der Waals surface area contributed by atoms with Crippen LogP contribution in [0.1, 0.15) is 6.92 Å². The standard InChI is InChI=1S/C16H16N2O4/c1-2-18(16(20)21-14-11-7-4-8-12-14)22-15(19)17-13-9-5-3-6-10-13/h3-12H,2H2,1H3,(H,17,19). The SMILES string of the molecule is CCN(OC(=O)Nc1ccccc1)C(=O)Oc1ccccc1. The van der Waals surface area contributed by atoms with Crippen molar-refractivity contribution >= 4 is 17.9 Å². The molecule has 114 valence electrons. The summed E-state index contributed by atoms with van der Waals surface area (Å²) >= 11 is 0. The van der Waals surface area contributed by atoms with Gasteiger partial charge in [-0.05, 0) is 31.2 Å². The average Bonchev–Trinajstić information content (AvgIpc) is 2.54. The summed E-state index contributed by atoms with van der Waals surface area (Å²) in [5, 5.41) is 3.35. The van der Waals surface area contributed by atoms with Gasteiger partial charge in [-0.1, -0.05) is 36.4 Å². The lowest BCUT2D eigenvalue weighted by atomic mass is 10.3. The monoisotopic (exact) mass is 300 g/mol. The van der Waals surface area contributed by atoms with Crippen molar-refractivity contribution in [2.24, 2.45) is 0 Å². The molecule has 6 nitrogen and oxygen atoms in total. The number of benzene rings is 2. The van der Waals surface area contributed by atoms with Gasteiger partial charge in [0.05, 0.1) is 6.54 Å². The minimum Gasteiger partial charge on any atom is -0.408 e. The van der Waals surface area contributed by atoms with Crippen LogP contribution in [0.4, 0.5) is 15.3 Å². The van der Waals surface area contributed by atoms with Crippen LogP contribution in [0.2, 0.25) is 0 Å². The first kappa shape index (κ1) is 15.4. The minimum absolute atomic E-state index is 0.161. The normalized spacial score (nSPS) is 9.68. The third-order valence-corrected chi connectivity index (χ3v) is 2.65. The Balaban J connectivity index is 1.91. The Morgan fingerprint density at radius 1 is 1.00 bits per heavy atom. The maximum absolute atomic E-state index is 11.9. The zero-order valence-electron chi connectivity index (χ0n) is 12.1. The van der Waals surface area contributed by atoms with Crippen LogP contribution in [0.5, 0.6) is 5.75 Å². The molecular formula is C16H16N2O4. The van der Waals surface area contributed by atoms with Gasteiger partial charge in [-0.2, -0.15) is 0 Å². The van der Waals surface area contributed by atoms with E-state index in [0.717, 1.165) is 5.06 Å². The van der Waals surface area contributed by atoms with E-state index in [-0.39, 0.29) is 6.54 Å². The molecule has 0 heterocycles. The number of hydrogen-bond donors (Lipinski definition) is 1. The molecule has 0 unspecified atom stereocenters. The summed E-state index contributed by atoms with van der Waals surface area (Å²) in [5.74, 6) is 0.373. The molecule has 0 saturated carbocycles. The van der Waals surface area contributed by atoms with Crippen molar-refractivity contribution in [1.29, 1.82) is 0 Å². The van der Waals surface area contributed by atoms with E-state index in [1.54, 1.807) is 61.5 Å². The highest BCUT2D eigenvalue weighted by Gasteiger charge is 2.19. The summed E-state index contributed by atoms with van der Waals surface area (Å²) in [7, 11) is 0. The number of carbonyl (C=O) groups excluding carboxylic acids is 2. The Bertz CT molecular complexity index is 617. The van der Waals surface area contributed by atoms with Crippen LogP contribution in [0.15, 0.2) is 60.7 Å². The van der Waals surface area contributed by atoms with E-state index in [1.165, 1.54) is 0 Å². The molecule has 22 heavy (non-hydrogen) atoms. The molecule has 6 heteroatoms. The second kappa shape index (κ2) is 7.68. The van der Waals surface area contributed by atoms with Crippen molar-refractivity contribution in [3.63, 3.8) is 0 Å². The molecule has 0 aromatic heterocycles. The third kappa shape index (κ3) is 4.52. The largest absolute Gasteiger partial charge is 0.448 e. The Morgan fingerprint density at radius 2 is 1.59 bits per heavy atom. The molecule has 0 aliphatic heterocycles. The number of nitrogens with zero attached hydrogens (tertiary/aromatic N) is 1. The Hall–Kier alpha value is -3.02. The third-order valence-electron chi connectivity index (χ3n) is 2.65. The lowest BCUT2D eigenvalue weighted by molar-refractivity contribution is -0.0626. The van der Waals surface area contributed by atoms with E-state index in [1.807, 2.05) is 6.07 Å². The summed E-state index contributed by atoms with van der Waals surface area (Å²) in [5.41, 5.74) is 0.569. The highest BCUT2D eigenvalue weighted by molar-refractivity contribution is 5.85. The number of hydroxylamine groups is 2. The molecule has 0 aliphatic rings. The van der Waals surface area contributed by atoms with Gasteiger partial charge in [-0.25, -0.2) is 9.59 Å². The average molecular weight is 300 g/mol. The molecule has 2 amide bonds. The van der Waals surface area contributed by atoms with Crippen LogP contribution in [0.25, 0.3) is 0 Å². The first-order valence-electron chi connectivity index (χ1n) is 6.77. The summed E-state index contributed by atoms with van der Waals surface area (Å²) in [6.45, 7) is 1.83. The Kier molecular flexibility index (Phi) is 5.37. The fraction of sp³-hybridized carbons (Fsp3) is 0.125. The zero-order valence-corrected chi connectivity index (χ0v) is 12.1. The molecule has 0 atom stereocenters. The topological polar surface area (TPSA) is 67.9 Å². The quantitative estimate of drug-likeness (QED) is 0.878. The molecule has 0 bridgehead atoms. The van der Waals surface area contributed by atoms with Gasteiger partial charge in [0.15, 0.2) is 0 Å². The van der Waals surface area contributed by atoms with E-state index in [4.69, 9.17) is 9.57 Å².